The summed E-state index contributed by atoms with van der Waals surface area (Å²) in [5.41, 5.74) is 14.5. The van der Waals surface area contributed by atoms with E-state index >= 15 is 0 Å². The molecule has 1 unspecified atom stereocenters. The number of aromatic nitrogens is 3. The van der Waals surface area contributed by atoms with Crippen molar-refractivity contribution in [3.05, 3.63) is 206 Å². The quantitative estimate of drug-likeness (QED) is 0.170. The van der Waals surface area contributed by atoms with Crippen molar-refractivity contribution >= 4 is 38.4 Å². The first-order valence-electron chi connectivity index (χ1n) is 20.4. The van der Waals surface area contributed by atoms with Crippen molar-refractivity contribution in [2.24, 2.45) is 5.92 Å². The molecule has 2 heterocycles. The summed E-state index contributed by atoms with van der Waals surface area (Å²) < 4.78 is 0. The minimum Gasteiger partial charge on any atom is -0.263 e. The van der Waals surface area contributed by atoms with E-state index in [0.29, 0.717) is 11.7 Å². The Hall–Kier alpha value is -7.49. The van der Waals surface area contributed by atoms with Crippen LogP contribution in [0.4, 0.5) is 0 Å². The summed E-state index contributed by atoms with van der Waals surface area (Å²) in [5, 5.41) is 7.32. The van der Waals surface area contributed by atoms with E-state index < -0.39 is 0 Å². The molecule has 11 rings (SSSR count). The molecule has 10 aromatic rings. The van der Waals surface area contributed by atoms with E-state index in [9.17, 15) is 0 Å². The molecule has 0 bridgehead atoms. The van der Waals surface area contributed by atoms with Crippen LogP contribution in [0.15, 0.2) is 194 Å². The largest absolute Gasteiger partial charge is 0.263 e. The summed E-state index contributed by atoms with van der Waals surface area (Å²) in [6, 6.07) is 63.1. The monoisotopic (exact) mass is 753 g/mol. The molecule has 0 radical (unpaired) electrons. The molecule has 1 atom stereocenters. The summed E-state index contributed by atoms with van der Waals surface area (Å²) in [5.74, 6) is 1.20. The highest BCUT2D eigenvalue weighted by atomic mass is 14.9. The molecule has 1 aliphatic rings. The molecule has 0 amide bonds. The molecule has 0 N–H and O–H groups in total. The normalized spacial score (nSPS) is 13.5. The molecule has 0 saturated heterocycles. The molecule has 3 heteroatoms. The molecular formula is C56H39N3. The Morgan fingerprint density at radius 3 is 1.90 bits per heavy atom. The maximum atomic E-state index is 5.33. The van der Waals surface area contributed by atoms with Gasteiger partial charge in [-0.3, -0.25) is 4.98 Å². The topological polar surface area (TPSA) is 38.7 Å². The molecule has 8 aromatic carbocycles. The third kappa shape index (κ3) is 6.47. The van der Waals surface area contributed by atoms with Gasteiger partial charge in [0.05, 0.1) is 11.4 Å². The number of fused-ring (bicyclic) bond motifs is 5. The first-order chi connectivity index (χ1) is 29.1. The van der Waals surface area contributed by atoms with Gasteiger partial charge in [-0.25, -0.2) is 9.97 Å². The highest BCUT2D eigenvalue weighted by molar-refractivity contribution is 6.03. The van der Waals surface area contributed by atoms with Gasteiger partial charge < -0.3 is 0 Å². The number of rotatable bonds is 6. The van der Waals surface area contributed by atoms with Crippen molar-refractivity contribution in [3.8, 4) is 67.3 Å². The summed E-state index contributed by atoms with van der Waals surface area (Å²) in [6.45, 7) is 2.30. The molecule has 2 aromatic heterocycles. The average molecular weight is 754 g/mol. The SMILES string of the molecule is CC1C=Cc2c(cc(-c3cccc(-c4cc(-c5ccc(-c6cncc7ccccc67)cc5)nc(-c5cccc(-c6ccc7ccccc7c6)c5)n4)c3)c3ccccc23)C1. The van der Waals surface area contributed by atoms with Crippen LogP contribution < -0.4 is 0 Å². The number of allylic oxidation sites excluding steroid dienone is 1. The standard InChI is InChI=1S/C56H39N3/c1-36-20-27-49-47(28-36)32-52(51-19-7-6-18-50(49)51)43-14-9-15-44(31-43)55-33-54(39-24-22-38(23-25-39)53-35-57-34-46-12-4-5-17-48(46)53)58-56(59-55)45-16-8-13-41(30-45)42-26-21-37-10-2-3-11-40(37)29-42/h2-27,29-36H,28H2,1H3. The summed E-state index contributed by atoms with van der Waals surface area (Å²) >= 11 is 0. The van der Waals surface area contributed by atoms with Crippen molar-refractivity contribution < 1.29 is 0 Å². The second-order valence-electron chi connectivity index (χ2n) is 15.8. The predicted molar refractivity (Wildman–Crippen MR) is 247 cm³/mol. The van der Waals surface area contributed by atoms with E-state index in [2.05, 4.69) is 200 Å². The Morgan fingerprint density at radius 2 is 1.05 bits per heavy atom. The first kappa shape index (κ1) is 34.7. The Balaban J connectivity index is 1.05. The van der Waals surface area contributed by atoms with E-state index in [0.717, 1.165) is 62.1 Å². The fourth-order valence-corrected chi connectivity index (χ4v) is 8.83. The molecule has 0 spiro atoms. The highest BCUT2D eigenvalue weighted by Crippen LogP contribution is 2.39. The molecule has 278 valence electrons. The van der Waals surface area contributed by atoms with Crippen molar-refractivity contribution in [3.63, 3.8) is 0 Å². The number of nitrogens with zero attached hydrogens (tertiary/aromatic N) is 3. The van der Waals surface area contributed by atoms with E-state index in [-0.39, 0.29) is 0 Å². The van der Waals surface area contributed by atoms with Crippen molar-refractivity contribution in [1.82, 2.24) is 15.0 Å². The fourth-order valence-electron chi connectivity index (χ4n) is 8.83. The van der Waals surface area contributed by atoms with E-state index in [1.807, 2.05) is 12.4 Å². The number of hydrogen-bond donors (Lipinski definition) is 0. The number of hydrogen-bond acceptors (Lipinski definition) is 3. The molecule has 3 nitrogen and oxygen atoms in total. The van der Waals surface area contributed by atoms with Crippen molar-refractivity contribution in [2.75, 3.05) is 0 Å². The lowest BCUT2D eigenvalue weighted by molar-refractivity contribution is 0.718. The van der Waals surface area contributed by atoms with Crippen LogP contribution in [-0.4, -0.2) is 15.0 Å². The van der Waals surface area contributed by atoms with Crippen molar-refractivity contribution in [1.29, 1.82) is 0 Å². The van der Waals surface area contributed by atoms with Crippen LogP contribution in [0.25, 0.3) is 106 Å². The van der Waals surface area contributed by atoms with Crippen LogP contribution in [0.3, 0.4) is 0 Å². The first-order valence-corrected chi connectivity index (χ1v) is 20.4. The fraction of sp³-hybridized carbons (Fsp3) is 0.0536. The van der Waals surface area contributed by atoms with Crippen LogP contribution in [0.1, 0.15) is 18.1 Å². The Kier molecular flexibility index (Phi) is 8.52. The lowest BCUT2D eigenvalue weighted by atomic mass is 9.84. The third-order valence-electron chi connectivity index (χ3n) is 11.9. The van der Waals surface area contributed by atoms with Gasteiger partial charge in [-0.1, -0.05) is 165 Å². The van der Waals surface area contributed by atoms with E-state index in [1.165, 1.54) is 49.2 Å². The Morgan fingerprint density at radius 1 is 0.424 bits per heavy atom. The average Bonchev–Trinajstić information content (AvgIpc) is 3.31. The van der Waals surface area contributed by atoms with Crippen LogP contribution in [0.2, 0.25) is 0 Å². The minimum absolute atomic E-state index is 0.512. The molecular weight excluding hydrogens is 715 g/mol. The second-order valence-corrected chi connectivity index (χ2v) is 15.8. The Labute approximate surface area is 344 Å². The van der Waals surface area contributed by atoms with Crippen molar-refractivity contribution in [2.45, 2.75) is 13.3 Å². The summed E-state index contributed by atoms with van der Waals surface area (Å²) in [4.78, 5) is 15.2. The van der Waals surface area contributed by atoms with Crippen LogP contribution >= 0.6 is 0 Å². The molecule has 1 aliphatic carbocycles. The smallest absolute Gasteiger partial charge is 0.160 e. The number of pyridine rings is 1. The van der Waals surface area contributed by atoms with Gasteiger partial charge in [0.25, 0.3) is 0 Å². The van der Waals surface area contributed by atoms with Gasteiger partial charge >= 0.3 is 0 Å². The van der Waals surface area contributed by atoms with Gasteiger partial charge in [-0.05, 0) is 109 Å². The summed E-state index contributed by atoms with van der Waals surface area (Å²) in [7, 11) is 0. The van der Waals surface area contributed by atoms with Gasteiger partial charge in [0.1, 0.15) is 0 Å². The Bertz CT molecular complexity index is 3260. The van der Waals surface area contributed by atoms with Gasteiger partial charge in [0, 0.05) is 40.0 Å². The van der Waals surface area contributed by atoms with Gasteiger partial charge in [0.15, 0.2) is 5.82 Å². The highest BCUT2D eigenvalue weighted by Gasteiger charge is 2.18. The van der Waals surface area contributed by atoms with Gasteiger partial charge in [-0.15, -0.1) is 0 Å². The predicted octanol–water partition coefficient (Wildman–Crippen LogP) is 14.5. The lowest BCUT2D eigenvalue weighted by Crippen LogP contribution is -2.04. The molecule has 0 saturated carbocycles. The van der Waals surface area contributed by atoms with Gasteiger partial charge in [-0.2, -0.15) is 0 Å². The lowest BCUT2D eigenvalue weighted by Gasteiger charge is -2.20. The number of benzene rings is 8. The molecule has 0 aliphatic heterocycles. The maximum Gasteiger partial charge on any atom is 0.160 e. The zero-order chi connectivity index (χ0) is 39.3. The maximum absolute atomic E-state index is 5.33. The van der Waals surface area contributed by atoms with E-state index in [1.54, 1.807) is 0 Å². The second kappa shape index (κ2) is 14.5. The minimum atomic E-state index is 0.512. The van der Waals surface area contributed by atoms with Crippen LogP contribution in [0, 0.1) is 5.92 Å². The molecule has 59 heavy (non-hydrogen) atoms. The van der Waals surface area contributed by atoms with Gasteiger partial charge in [0.2, 0.25) is 0 Å². The van der Waals surface area contributed by atoms with E-state index in [4.69, 9.17) is 9.97 Å². The summed E-state index contributed by atoms with van der Waals surface area (Å²) in [6.07, 6.45) is 9.57. The zero-order valence-electron chi connectivity index (χ0n) is 32.7. The van der Waals surface area contributed by atoms with Crippen LogP contribution in [0.5, 0.6) is 0 Å². The van der Waals surface area contributed by atoms with Crippen LogP contribution in [-0.2, 0) is 6.42 Å². The molecule has 0 fully saturated rings. The zero-order valence-corrected chi connectivity index (χ0v) is 32.7. The third-order valence-corrected chi connectivity index (χ3v) is 11.9.